The number of rotatable bonds is 11. The summed E-state index contributed by atoms with van der Waals surface area (Å²) in [6.07, 6.45) is -2.94. The molecule has 0 aromatic rings. The van der Waals surface area contributed by atoms with Crippen molar-refractivity contribution >= 4 is 100 Å². The predicted octanol–water partition coefficient (Wildman–Crippen LogP) is 10.4. The van der Waals surface area contributed by atoms with Crippen LogP contribution in [0.3, 0.4) is 0 Å². The van der Waals surface area contributed by atoms with Gasteiger partial charge in [0.05, 0.1) is 0 Å². The summed E-state index contributed by atoms with van der Waals surface area (Å²) >= 11 is 0. The van der Waals surface area contributed by atoms with Crippen molar-refractivity contribution in [3.8, 4) is 0 Å². The van der Waals surface area contributed by atoms with Gasteiger partial charge in [0.15, 0.2) is 0 Å². The summed E-state index contributed by atoms with van der Waals surface area (Å²) in [6, 6.07) is 0. The largest absolute Gasteiger partial charge is 0.0753 e. The average Bonchev–Trinajstić information content (AvgIpc) is 3.28. The maximum Gasteiger partial charge on any atom is 0.0326 e. The topological polar surface area (TPSA) is 0 Å². The lowest BCUT2D eigenvalue weighted by Crippen LogP contribution is -2.96. The van der Waals surface area contributed by atoms with Crippen molar-refractivity contribution in [2.24, 2.45) is 0 Å². The van der Waals surface area contributed by atoms with Crippen molar-refractivity contribution in [3.63, 3.8) is 0 Å². The third-order valence-corrected chi connectivity index (χ3v) is 425. The van der Waals surface area contributed by atoms with E-state index in [1.165, 1.54) is 0 Å². The zero-order valence-corrected chi connectivity index (χ0v) is 48.0. The third-order valence-electron chi connectivity index (χ3n) is 14.5. The Morgan fingerprint density at radius 3 is 0.537 bits per heavy atom. The molecule has 14 heteroatoms. The second kappa shape index (κ2) is 10.8. The van der Waals surface area contributed by atoms with Gasteiger partial charge in [0.2, 0.25) is 0 Å². The van der Waals surface area contributed by atoms with Crippen molar-refractivity contribution in [1.29, 1.82) is 0 Å². The lowest BCUT2D eigenvalue weighted by molar-refractivity contribution is 1.75. The van der Waals surface area contributed by atoms with Crippen LogP contribution >= 0.6 is 0 Å². The maximum absolute atomic E-state index is 3.29. The van der Waals surface area contributed by atoms with E-state index in [9.17, 15) is 0 Å². The lowest BCUT2D eigenvalue weighted by Gasteiger charge is -2.65. The molecule has 1 heterocycles. The lowest BCUT2D eigenvalue weighted by atomic mass is 11.8. The van der Waals surface area contributed by atoms with Crippen molar-refractivity contribution < 1.29 is 0 Å². The van der Waals surface area contributed by atoms with Crippen LogP contribution in [0.4, 0.5) is 0 Å². The molecule has 0 spiro atoms. The second-order valence-electron chi connectivity index (χ2n) is 23.2. The zero-order chi connectivity index (χ0) is 34.1. The van der Waals surface area contributed by atoms with E-state index in [0.717, 1.165) is 0 Å². The Bertz CT molecular complexity index is 879. The van der Waals surface area contributed by atoms with E-state index < -0.39 is 92.9 Å². The smallest absolute Gasteiger partial charge is 0.0326 e. The predicted molar refractivity (Wildman–Crippen MR) is 239 cm³/mol. The Morgan fingerprint density at radius 2 is 0.439 bits per heavy atom. The standard InChI is InChI=1S/C27H81Si14/c1-29(2,3)37(25,30(4,5)6)28-40(35(19,20)21,38(26,31(7,8)9)32(10,11)12)41(28,36(22,23)24)39(27,33(13,14)15)34(16,17)18/h1-27H3. The van der Waals surface area contributed by atoms with Gasteiger partial charge in [0.1, 0.15) is 0 Å². The SMILES string of the molecule is C[Si](C)(C)[Si](C)([Si]1[Si]([Si](C)(C)C)([Si](C)([Si](C)(C)C)[Si](C)(C)C)[Si]1([Si](C)(C)C)[Si](C)([Si](C)(C)C)[Si](C)(C)C)[Si](C)(C)C. The molecule has 1 fully saturated rings. The molecule has 1 aliphatic heterocycles. The average molecular weight is 799 g/mol. The van der Waals surface area contributed by atoms with Crippen molar-refractivity contribution in [2.75, 3.05) is 0 Å². The zero-order valence-electron chi connectivity index (χ0n) is 34.0. The first-order chi connectivity index (χ1) is 17.1. The fraction of sp³-hybridized carbons (Fsp3) is 1.00. The van der Waals surface area contributed by atoms with Crippen LogP contribution in [0.1, 0.15) is 0 Å². The van der Waals surface area contributed by atoms with E-state index >= 15 is 0 Å². The minimum absolute atomic E-state index is 0.263. The first-order valence-corrected chi connectivity index (χ1v) is 72.0. The molecular weight excluding hydrogens is 718 g/mol. The number of hydrogen-bond acceptors (Lipinski definition) is 0. The summed E-state index contributed by atoms with van der Waals surface area (Å²) in [4.78, 5) is 0. The van der Waals surface area contributed by atoms with Gasteiger partial charge in [-0.25, -0.2) is 0 Å². The summed E-state index contributed by atoms with van der Waals surface area (Å²) in [5.74, 6) is 0. The van der Waals surface area contributed by atoms with E-state index in [4.69, 9.17) is 0 Å². The summed E-state index contributed by atoms with van der Waals surface area (Å²) in [6.45, 7) is 78.0. The van der Waals surface area contributed by atoms with Gasteiger partial charge >= 0.3 is 0 Å². The highest BCUT2D eigenvalue weighted by Crippen LogP contribution is 2.68. The van der Waals surface area contributed by atoms with Crippen LogP contribution in [0.5, 0.6) is 0 Å². The quantitative estimate of drug-likeness (QED) is 0.183. The van der Waals surface area contributed by atoms with E-state index in [1.54, 1.807) is 0 Å². The van der Waals surface area contributed by atoms with E-state index in [2.05, 4.69) is 177 Å². The van der Waals surface area contributed by atoms with Gasteiger partial charge in [0.25, 0.3) is 0 Å². The molecule has 0 aliphatic carbocycles. The van der Waals surface area contributed by atoms with Crippen molar-refractivity contribution in [1.82, 2.24) is 0 Å². The monoisotopic (exact) mass is 797 g/mol. The van der Waals surface area contributed by atoms with Gasteiger partial charge in [-0.15, -0.1) is 0 Å². The minimum Gasteiger partial charge on any atom is -0.0753 e. The minimum atomic E-state index is -1.47. The van der Waals surface area contributed by atoms with Gasteiger partial charge in [-0.2, -0.15) is 0 Å². The van der Waals surface area contributed by atoms with Crippen molar-refractivity contribution in [2.45, 2.75) is 177 Å². The molecule has 0 aromatic carbocycles. The molecule has 41 heavy (non-hydrogen) atoms. The van der Waals surface area contributed by atoms with E-state index in [-0.39, 0.29) is 7.35 Å². The van der Waals surface area contributed by atoms with Crippen LogP contribution in [0.15, 0.2) is 0 Å². The Hall–Kier alpha value is 3.04. The van der Waals surface area contributed by atoms with Crippen molar-refractivity contribution in [3.05, 3.63) is 0 Å². The molecule has 0 amide bonds. The van der Waals surface area contributed by atoms with E-state index in [0.29, 0.717) is 0 Å². The molecule has 2 atom stereocenters. The van der Waals surface area contributed by atoms with Gasteiger partial charge in [-0.3, -0.25) is 0 Å². The van der Waals surface area contributed by atoms with Gasteiger partial charge < -0.3 is 0 Å². The highest BCUT2D eigenvalue weighted by Gasteiger charge is 3.00. The molecule has 0 bridgehead atoms. The van der Waals surface area contributed by atoms with Crippen LogP contribution < -0.4 is 0 Å². The molecule has 0 nitrogen and oxygen atoms in total. The molecule has 1 aliphatic rings. The molecule has 0 saturated carbocycles. The fourth-order valence-corrected chi connectivity index (χ4v) is 990. The molecule has 245 valence electrons. The van der Waals surface area contributed by atoms with Gasteiger partial charge in [0, 0.05) is 100 Å². The molecule has 0 N–H and O–H groups in total. The van der Waals surface area contributed by atoms with Gasteiger partial charge in [-0.1, -0.05) is 177 Å². The molecule has 1 rings (SSSR count). The molecule has 2 unspecified atom stereocenters. The van der Waals surface area contributed by atoms with Crippen LogP contribution in [-0.2, 0) is 0 Å². The maximum atomic E-state index is 3.29. The van der Waals surface area contributed by atoms with Gasteiger partial charge in [-0.05, 0) is 0 Å². The fourth-order valence-electron chi connectivity index (χ4n) is 12.2. The molecule has 1 radical (unpaired) electrons. The summed E-state index contributed by atoms with van der Waals surface area (Å²) in [5.41, 5.74) is 0. The summed E-state index contributed by atoms with van der Waals surface area (Å²) in [5, 5.41) is 0. The Balaban J connectivity index is 5.22. The second-order valence-corrected chi connectivity index (χ2v) is 191. The highest BCUT2D eigenvalue weighted by molar-refractivity contribution is 8.61. The van der Waals surface area contributed by atoms with Crippen LogP contribution in [-0.4, -0.2) is 100 Å². The first kappa shape index (κ1) is 42.1. The molecule has 1 saturated heterocycles. The molecule has 0 aromatic heterocycles. The third kappa shape index (κ3) is 5.20. The normalized spacial score (nSPS) is 25.5. The summed E-state index contributed by atoms with van der Waals surface area (Å²) < 4.78 is 0. The van der Waals surface area contributed by atoms with Crippen LogP contribution in [0, 0.1) is 0 Å². The first-order valence-electron chi connectivity index (χ1n) is 17.0. The molecular formula is C27H81Si14. The van der Waals surface area contributed by atoms with Crippen LogP contribution in [0.2, 0.25) is 177 Å². The van der Waals surface area contributed by atoms with E-state index in [1.807, 2.05) is 0 Å². The Kier molecular flexibility index (Phi) is 11.0. The summed E-state index contributed by atoms with van der Waals surface area (Å²) in [7, 11) is -11.1. The Labute approximate surface area is 274 Å². The Morgan fingerprint density at radius 1 is 0.268 bits per heavy atom. The van der Waals surface area contributed by atoms with Crippen LogP contribution in [0.25, 0.3) is 0 Å². The number of hydrogen-bond donors (Lipinski definition) is 0. The highest BCUT2D eigenvalue weighted by atomic mass is 30.9.